The van der Waals surface area contributed by atoms with E-state index in [-0.39, 0.29) is 11.2 Å². The highest BCUT2D eigenvalue weighted by Gasteiger charge is 2.51. The highest BCUT2D eigenvalue weighted by Crippen LogP contribution is 2.42. The van der Waals surface area contributed by atoms with Crippen molar-refractivity contribution in [2.75, 3.05) is 0 Å². The van der Waals surface area contributed by atoms with Crippen LogP contribution in [0.3, 0.4) is 0 Å². The molecule has 0 amide bonds. The lowest BCUT2D eigenvalue weighted by Gasteiger charge is -2.32. The molecule has 0 bridgehead atoms. The van der Waals surface area contributed by atoms with Crippen molar-refractivity contribution in [2.45, 2.75) is 38.9 Å². The molecular weight excluding hydrogens is 435 g/mol. The van der Waals surface area contributed by atoms with Crippen molar-refractivity contribution < 1.29 is 18.1 Å². The van der Waals surface area contributed by atoms with Crippen molar-refractivity contribution in [2.24, 2.45) is 0 Å². The van der Waals surface area contributed by atoms with Gasteiger partial charge in [0.05, 0.1) is 11.2 Å². The van der Waals surface area contributed by atoms with Crippen LogP contribution in [-0.4, -0.2) is 18.3 Å². The van der Waals surface area contributed by atoms with Crippen molar-refractivity contribution in [3.05, 3.63) is 78.9 Å². The van der Waals surface area contributed by atoms with E-state index in [2.05, 4.69) is 82.3 Å². The maximum Gasteiger partial charge on any atom is 0.494 e. The van der Waals surface area contributed by atoms with Gasteiger partial charge in [0, 0.05) is 21.5 Å². The van der Waals surface area contributed by atoms with Gasteiger partial charge in [0.1, 0.15) is 22.3 Å². The van der Waals surface area contributed by atoms with Crippen molar-refractivity contribution in [1.29, 1.82) is 0 Å². The first kappa shape index (κ1) is 20.8. The molecule has 0 N–H and O–H groups in total. The van der Waals surface area contributed by atoms with Crippen LogP contribution >= 0.6 is 0 Å². The fourth-order valence-corrected chi connectivity index (χ4v) is 5.19. The van der Waals surface area contributed by atoms with Crippen LogP contribution in [0.15, 0.2) is 87.7 Å². The van der Waals surface area contributed by atoms with Gasteiger partial charge in [0.25, 0.3) is 0 Å². The summed E-state index contributed by atoms with van der Waals surface area (Å²) >= 11 is 0. The third-order valence-corrected chi connectivity index (χ3v) is 7.74. The third kappa shape index (κ3) is 2.95. The molecule has 7 rings (SSSR count). The molecule has 0 radical (unpaired) electrons. The number of hydrogen-bond donors (Lipinski definition) is 0. The second kappa shape index (κ2) is 7.00. The second-order valence-corrected chi connectivity index (χ2v) is 10.4. The first-order valence-corrected chi connectivity index (χ1v) is 12.0. The quantitative estimate of drug-likeness (QED) is 0.252. The molecule has 0 saturated carbocycles. The Bertz CT molecular complexity index is 1760. The summed E-state index contributed by atoms with van der Waals surface area (Å²) in [5.74, 6) is 0. The van der Waals surface area contributed by atoms with Gasteiger partial charge < -0.3 is 18.1 Å². The maximum atomic E-state index is 6.37. The fourth-order valence-electron chi connectivity index (χ4n) is 5.19. The first-order chi connectivity index (χ1) is 16.8. The number of hydrogen-bond acceptors (Lipinski definition) is 4. The highest BCUT2D eigenvalue weighted by atomic mass is 16.7. The van der Waals surface area contributed by atoms with Crippen LogP contribution in [0.4, 0.5) is 0 Å². The Morgan fingerprint density at radius 1 is 0.543 bits per heavy atom. The molecule has 35 heavy (non-hydrogen) atoms. The fraction of sp³-hybridized carbons (Fsp3) is 0.200. The predicted molar refractivity (Wildman–Crippen MR) is 142 cm³/mol. The first-order valence-electron chi connectivity index (χ1n) is 12.0. The minimum absolute atomic E-state index is 0.389. The minimum Gasteiger partial charge on any atom is -0.456 e. The molecule has 4 aromatic carbocycles. The average Bonchev–Trinajstić information content (AvgIpc) is 3.47. The standard InChI is InChI=1S/C30H25BO4/c1-29(2)30(3,4)35-31(34-29)18-15-16-22-26(17-18)33-25-14-8-11-20(28(22)25)19-10-7-13-24-27(19)21-9-5-6-12-23(21)32-24/h5-17H,1-4H3. The van der Waals surface area contributed by atoms with E-state index in [0.717, 1.165) is 60.5 Å². The van der Waals surface area contributed by atoms with E-state index in [4.69, 9.17) is 18.1 Å². The molecule has 172 valence electrons. The van der Waals surface area contributed by atoms with Gasteiger partial charge in [-0.3, -0.25) is 0 Å². The number of furan rings is 2. The Hall–Kier alpha value is -3.54. The molecule has 0 aliphatic carbocycles. The summed E-state index contributed by atoms with van der Waals surface area (Å²) in [5, 5.41) is 4.41. The summed E-state index contributed by atoms with van der Waals surface area (Å²) in [6.45, 7) is 8.27. The second-order valence-electron chi connectivity index (χ2n) is 10.4. The van der Waals surface area contributed by atoms with E-state index in [9.17, 15) is 0 Å². The number of fused-ring (bicyclic) bond motifs is 6. The molecule has 6 aromatic rings. The van der Waals surface area contributed by atoms with E-state index in [1.807, 2.05) is 24.3 Å². The van der Waals surface area contributed by atoms with Crippen LogP contribution in [-0.2, 0) is 9.31 Å². The largest absolute Gasteiger partial charge is 0.494 e. The zero-order valence-corrected chi connectivity index (χ0v) is 20.2. The smallest absolute Gasteiger partial charge is 0.456 e. The summed E-state index contributed by atoms with van der Waals surface area (Å²) in [4.78, 5) is 0. The Balaban J connectivity index is 1.43. The summed E-state index contributed by atoms with van der Waals surface area (Å²) in [7, 11) is -0.428. The summed E-state index contributed by atoms with van der Waals surface area (Å²) in [5.41, 5.74) is 5.90. The molecule has 0 unspecified atom stereocenters. The van der Waals surface area contributed by atoms with Gasteiger partial charge in [-0.25, -0.2) is 0 Å². The van der Waals surface area contributed by atoms with E-state index in [1.54, 1.807) is 0 Å². The average molecular weight is 460 g/mol. The molecular formula is C30H25BO4. The lowest BCUT2D eigenvalue weighted by molar-refractivity contribution is 0.00578. The Morgan fingerprint density at radius 2 is 1.09 bits per heavy atom. The molecule has 3 heterocycles. The Labute approximate surface area is 203 Å². The van der Waals surface area contributed by atoms with Crippen molar-refractivity contribution >= 4 is 56.5 Å². The molecule has 0 spiro atoms. The topological polar surface area (TPSA) is 44.7 Å². The van der Waals surface area contributed by atoms with E-state index >= 15 is 0 Å². The molecule has 2 aromatic heterocycles. The van der Waals surface area contributed by atoms with Crippen LogP contribution in [0.2, 0.25) is 0 Å². The lowest BCUT2D eigenvalue weighted by atomic mass is 9.79. The highest BCUT2D eigenvalue weighted by molar-refractivity contribution is 6.62. The lowest BCUT2D eigenvalue weighted by Crippen LogP contribution is -2.41. The van der Waals surface area contributed by atoms with Crippen LogP contribution in [0, 0.1) is 0 Å². The van der Waals surface area contributed by atoms with Crippen LogP contribution in [0.1, 0.15) is 27.7 Å². The minimum atomic E-state index is -0.428. The number of para-hydroxylation sites is 1. The van der Waals surface area contributed by atoms with Gasteiger partial charge in [-0.2, -0.15) is 0 Å². The summed E-state index contributed by atoms with van der Waals surface area (Å²) in [6.07, 6.45) is 0. The third-order valence-electron chi connectivity index (χ3n) is 7.74. The summed E-state index contributed by atoms with van der Waals surface area (Å²) in [6, 6.07) is 27.0. The van der Waals surface area contributed by atoms with Crippen molar-refractivity contribution in [3.63, 3.8) is 0 Å². The SMILES string of the molecule is CC1(C)OB(c2ccc3c(c2)oc2cccc(-c4cccc5oc6ccccc6c45)c23)OC1(C)C. The van der Waals surface area contributed by atoms with Gasteiger partial charge in [0.2, 0.25) is 0 Å². The number of benzene rings is 4. The van der Waals surface area contributed by atoms with Crippen LogP contribution < -0.4 is 5.46 Å². The van der Waals surface area contributed by atoms with Gasteiger partial charge in [0.15, 0.2) is 0 Å². The molecule has 1 aliphatic heterocycles. The maximum absolute atomic E-state index is 6.37. The zero-order chi connectivity index (χ0) is 23.9. The monoisotopic (exact) mass is 460 g/mol. The van der Waals surface area contributed by atoms with Gasteiger partial charge >= 0.3 is 7.12 Å². The van der Waals surface area contributed by atoms with Crippen LogP contribution in [0.5, 0.6) is 0 Å². The van der Waals surface area contributed by atoms with Crippen LogP contribution in [0.25, 0.3) is 55.0 Å². The molecule has 1 saturated heterocycles. The summed E-state index contributed by atoms with van der Waals surface area (Å²) < 4.78 is 25.1. The Morgan fingerprint density at radius 3 is 1.74 bits per heavy atom. The predicted octanol–water partition coefficient (Wildman–Crippen LogP) is 7.45. The van der Waals surface area contributed by atoms with Gasteiger partial charge in [-0.1, -0.05) is 54.6 Å². The molecule has 4 nitrogen and oxygen atoms in total. The van der Waals surface area contributed by atoms with E-state index in [1.165, 1.54) is 0 Å². The van der Waals surface area contributed by atoms with Crippen molar-refractivity contribution in [1.82, 2.24) is 0 Å². The molecule has 1 aliphatic rings. The van der Waals surface area contributed by atoms with Gasteiger partial charge in [-0.15, -0.1) is 0 Å². The van der Waals surface area contributed by atoms with E-state index < -0.39 is 7.12 Å². The molecule has 0 atom stereocenters. The number of rotatable bonds is 2. The zero-order valence-electron chi connectivity index (χ0n) is 20.2. The van der Waals surface area contributed by atoms with Crippen molar-refractivity contribution in [3.8, 4) is 11.1 Å². The normalized spacial score (nSPS) is 17.3. The van der Waals surface area contributed by atoms with Gasteiger partial charge in [-0.05, 0) is 68.6 Å². The molecule has 5 heteroatoms. The van der Waals surface area contributed by atoms with E-state index in [0.29, 0.717) is 0 Å². The Kier molecular flexibility index (Phi) is 4.16. The molecule has 1 fully saturated rings.